The molecule has 31 rings (SSSR count). The Morgan fingerprint density at radius 1 is 0.324 bits per heavy atom. The summed E-state index contributed by atoms with van der Waals surface area (Å²) in [7, 11) is 0. The number of nitrogens with zero attached hydrogens (tertiary/aromatic N) is 8. The highest BCUT2D eigenvalue weighted by atomic mass is 79.9. The largest absolute Gasteiger partial charge is 0.398 e. The fourth-order valence-corrected chi connectivity index (χ4v) is 42.2. The van der Waals surface area contributed by atoms with Crippen LogP contribution in [0.1, 0.15) is 212 Å². The Balaban J connectivity index is 0.000000119. The summed E-state index contributed by atoms with van der Waals surface area (Å²) in [4.78, 5) is 96.6. The summed E-state index contributed by atoms with van der Waals surface area (Å²) in [6, 6.07) is 34.3. The molecule has 16 aliphatic carbocycles. The lowest BCUT2D eigenvalue weighted by atomic mass is 9.34. The zero-order valence-corrected chi connectivity index (χ0v) is 83.6. The molecule has 4 N–H and O–H groups in total. The number of ether oxygens (including phenoxy) is 1. The number of rotatable bonds is 8. The van der Waals surface area contributed by atoms with Gasteiger partial charge in [0.25, 0.3) is 28.3 Å². The van der Waals surface area contributed by atoms with Crippen molar-refractivity contribution in [2.24, 2.45) is 189 Å². The fourth-order valence-electron chi connectivity index (χ4n) is 41.3. The average molecular weight is 2030 g/mol. The van der Waals surface area contributed by atoms with E-state index in [0.717, 1.165) is 244 Å². The maximum atomic E-state index is 14.8. The first-order valence-corrected chi connectivity index (χ1v) is 56.5. The van der Waals surface area contributed by atoms with Gasteiger partial charge in [-0.25, -0.2) is 14.6 Å². The summed E-state index contributed by atoms with van der Waals surface area (Å²) in [6.45, 7) is 5.13. The highest BCUT2D eigenvalue weighted by Gasteiger charge is 2.70. The SMILES string of the molecule is Nc1cc([N+](=O)[O-])cc2c(CN3CC4CCC5C6CCC7C8CCCC9CCCC(C%10CCC(C%11CCC(C3)C4C5%11)C6C7%10)C98)c3cc([N+](=O)[O-])ccc3c(N)c12.O=C1OC(=O)c2ccc(Br)c3cccc1c23.O=c1c2cccc3c(Br)ccc(c32)c2nc3c4ccc([N+](=O)[O-])cc4c(CN4CC5CCC6C7CCC8C9CCCC%10CCCC(C%11CCC(C%12CCC(C4)C5C6%12)C7C8%11)C%109)c4cc([N+](=O)[O-])cc(c43)n12. The Morgan fingerprint density at radius 3 is 1.13 bits per heavy atom. The predicted octanol–water partition coefficient (Wildman–Crippen LogP) is 26.9. The number of anilines is 2. The van der Waals surface area contributed by atoms with Crippen LogP contribution >= 0.6 is 31.9 Å². The number of esters is 2. The number of piperidine rings is 2. The lowest BCUT2D eigenvalue weighted by Crippen LogP contribution is -2.66. The molecule has 24 heteroatoms. The number of benzene rings is 10. The highest BCUT2D eigenvalue weighted by molar-refractivity contribution is 9.11. The number of nitrogens with two attached hydrogens (primary N) is 2. The van der Waals surface area contributed by atoms with E-state index in [4.69, 9.17) is 16.5 Å². The molecule has 732 valence electrons. The predicted molar refractivity (Wildman–Crippen MR) is 558 cm³/mol. The van der Waals surface area contributed by atoms with E-state index in [1.165, 1.54) is 172 Å². The molecule has 10 aromatic carbocycles. The minimum Gasteiger partial charge on any atom is -0.398 e. The molecular weight excluding hydrogens is 1910 g/mol. The molecule has 2 saturated heterocycles. The van der Waals surface area contributed by atoms with Gasteiger partial charge < -0.3 is 16.2 Å². The molecule has 12 aromatic rings. The third-order valence-electron chi connectivity index (χ3n) is 44.8. The van der Waals surface area contributed by atoms with Crippen molar-refractivity contribution < 1.29 is 34.0 Å². The van der Waals surface area contributed by atoms with E-state index in [1.54, 1.807) is 90.7 Å². The summed E-state index contributed by atoms with van der Waals surface area (Å²) >= 11 is 7.09. The van der Waals surface area contributed by atoms with Crippen molar-refractivity contribution in [2.75, 3.05) is 37.6 Å². The van der Waals surface area contributed by atoms with Gasteiger partial charge in [0.15, 0.2) is 0 Å². The molecule has 0 bridgehead atoms. The van der Waals surface area contributed by atoms with Gasteiger partial charge >= 0.3 is 11.9 Å². The second kappa shape index (κ2) is 33.1. The number of hydrogen-bond acceptors (Lipinski definition) is 17. The summed E-state index contributed by atoms with van der Waals surface area (Å²) < 4.78 is 7.94. The first-order valence-electron chi connectivity index (χ1n) is 54.9. The Labute approximate surface area is 840 Å². The molecule has 20 atom stereocenters. The van der Waals surface area contributed by atoms with Gasteiger partial charge in [-0.05, 0) is 410 Å². The Morgan fingerprint density at radius 2 is 0.683 bits per heavy atom. The minimum absolute atomic E-state index is 0.000328. The summed E-state index contributed by atoms with van der Waals surface area (Å²) in [5.74, 6) is 28.7. The number of cyclic esters (lactones) is 2. The summed E-state index contributed by atoms with van der Waals surface area (Å²) in [6.07, 6.45) is 41.2. The van der Waals surface area contributed by atoms with Crippen LogP contribution in [0.5, 0.6) is 0 Å². The van der Waals surface area contributed by atoms with Crippen LogP contribution in [0.25, 0.3) is 92.1 Å². The quantitative estimate of drug-likeness (QED) is 0.0272. The monoisotopic (exact) mass is 2030 g/mol. The molecule has 19 aliphatic rings. The molecule has 5 heterocycles. The third-order valence-corrected chi connectivity index (χ3v) is 46.1. The third kappa shape index (κ3) is 12.9. The smallest absolute Gasteiger partial charge is 0.346 e. The molecule has 0 spiro atoms. The molecule has 2 aromatic heterocycles. The Kier molecular flexibility index (Phi) is 20.6. The lowest BCUT2D eigenvalue weighted by molar-refractivity contribution is -0.384. The number of nitro benzene ring substituents is 4. The van der Waals surface area contributed by atoms with E-state index in [9.17, 15) is 54.8 Å². The van der Waals surface area contributed by atoms with Gasteiger partial charge in [-0.1, -0.05) is 107 Å². The molecule has 0 radical (unpaired) electrons. The molecule has 18 fully saturated rings. The van der Waals surface area contributed by atoms with Gasteiger partial charge in [0.05, 0.1) is 41.9 Å². The van der Waals surface area contributed by atoms with Crippen LogP contribution in [0.15, 0.2) is 135 Å². The standard InChI is InChI=1S/C59H60BrN5O5.C47H59N5O4.C12H5BrO3/c60-48-21-20-43-52-42(48)8-3-9-44(52)59(66)63-49-24-32(65(69)70)23-46-47(45-22-31(64(67)68)12-15-41(45)57(56(46)49)61-58(43)63)27-62-25-29-10-13-35-39-18-16-37-33-6-1-4-28-5-2-7-34(51(28)33)38-17-19-40(55(39)54(37)38)36-14-11-30(26-62)50(29)53(35)36;48-40-19-27(52(55)56)18-38-39(37-17-26(51(53)54)9-12-36(37)47(49)46(38)40)22-50-20-24-7-10-30-34-15-13-32-28-5-1-3-23-4-2-6-29(42(23)28)33-14-16-35(45(34)44(32)33)31-11-8-25(21-50)41(24)43(30)31;13-9-5-4-8-10-6(9)2-1-3-7(10)11(14)16-12(8)15/h3,8-9,12,15,20-24,28-30,33-40,50-51,53-55H,1-2,4-7,10-11,13-14,16-19,25-27H2;9,12,17-19,23-25,28-35,41-45H,1-8,10-11,13-16,20-22,48-49H2;1-5H. The second-order valence-corrected chi connectivity index (χ2v) is 50.8. The van der Waals surface area contributed by atoms with E-state index in [-0.39, 0.29) is 48.8 Å². The van der Waals surface area contributed by atoms with Crippen LogP contribution in [0, 0.1) is 230 Å². The van der Waals surface area contributed by atoms with Gasteiger partial charge in [0.1, 0.15) is 5.65 Å². The number of fused-ring (bicyclic) bond motifs is 15. The van der Waals surface area contributed by atoms with E-state index >= 15 is 0 Å². The van der Waals surface area contributed by atoms with Crippen LogP contribution in [-0.4, -0.2) is 77.0 Å². The van der Waals surface area contributed by atoms with Crippen LogP contribution in [0.2, 0.25) is 0 Å². The number of carbonyl (C=O) groups excluding carboxylic acids is 2. The molecule has 0 amide bonds. The van der Waals surface area contributed by atoms with Crippen molar-refractivity contribution in [1.29, 1.82) is 0 Å². The van der Waals surface area contributed by atoms with Gasteiger partial charge in [-0.15, -0.1) is 0 Å². The first-order chi connectivity index (χ1) is 69.1. The van der Waals surface area contributed by atoms with Gasteiger partial charge in [0.2, 0.25) is 0 Å². The zero-order valence-electron chi connectivity index (χ0n) is 80.5. The van der Waals surface area contributed by atoms with Crippen molar-refractivity contribution in [3.05, 3.63) is 203 Å². The van der Waals surface area contributed by atoms with E-state index in [0.29, 0.717) is 113 Å². The van der Waals surface area contributed by atoms with Crippen molar-refractivity contribution in [3.8, 4) is 0 Å². The van der Waals surface area contributed by atoms with Crippen LogP contribution in [-0.2, 0) is 17.8 Å². The van der Waals surface area contributed by atoms with E-state index < -0.39 is 16.9 Å². The van der Waals surface area contributed by atoms with Crippen LogP contribution in [0.4, 0.5) is 34.1 Å². The van der Waals surface area contributed by atoms with E-state index in [2.05, 4.69) is 46.4 Å². The Hall–Kier alpha value is -9.88. The van der Waals surface area contributed by atoms with Crippen LogP contribution in [0.3, 0.4) is 0 Å². The molecule has 22 nitrogen and oxygen atoms in total. The second-order valence-electron chi connectivity index (χ2n) is 49.1. The first kappa shape index (κ1) is 88.6. The molecular formula is C118H124Br2N10O12. The highest BCUT2D eigenvalue weighted by Crippen LogP contribution is 2.76. The molecule has 142 heavy (non-hydrogen) atoms. The number of likely N-dealkylation sites (tertiary alicyclic amines) is 2. The van der Waals surface area contributed by atoms with Crippen molar-refractivity contribution in [1.82, 2.24) is 19.2 Å². The number of carbonyl (C=O) groups is 2. The van der Waals surface area contributed by atoms with Crippen molar-refractivity contribution >= 4 is 170 Å². The van der Waals surface area contributed by atoms with Crippen molar-refractivity contribution in [3.63, 3.8) is 0 Å². The average Bonchev–Trinajstić information content (AvgIpc) is 0.685. The fraction of sp³-hybridized carbons (Fsp3) is 0.559. The van der Waals surface area contributed by atoms with Crippen LogP contribution < -0.4 is 17.0 Å². The molecule has 3 aliphatic heterocycles. The summed E-state index contributed by atoms with van der Waals surface area (Å²) in [5, 5.41) is 59.5. The van der Waals surface area contributed by atoms with Gasteiger partial charge in [0, 0.05) is 151 Å². The van der Waals surface area contributed by atoms with Crippen molar-refractivity contribution in [2.45, 2.75) is 193 Å². The number of aromatic nitrogens is 2. The van der Waals surface area contributed by atoms with E-state index in [1.807, 2.05) is 42.5 Å². The normalized spacial score (nSPS) is 37.1. The molecule has 16 saturated carbocycles. The van der Waals surface area contributed by atoms with Gasteiger partial charge in [-0.3, -0.25) is 59.5 Å². The Bertz CT molecular complexity index is 7390. The number of nitrogen functional groups attached to an aromatic ring is 2. The maximum absolute atomic E-state index is 14.8. The number of pyridine rings is 1. The topological polar surface area (TPSA) is 309 Å². The number of nitro groups is 4. The summed E-state index contributed by atoms with van der Waals surface area (Å²) in [5.41, 5.74) is 17.5. The number of hydrogen-bond donors (Lipinski definition) is 2. The maximum Gasteiger partial charge on any atom is 0.346 e. The molecule has 20 unspecified atom stereocenters. The van der Waals surface area contributed by atoms with Gasteiger partial charge in [-0.2, -0.15) is 0 Å². The minimum atomic E-state index is -0.582. The number of non-ortho nitro benzene ring substituents is 4. The number of halogens is 2. The lowest BCUT2D eigenvalue weighted by Gasteiger charge is -2.71. The zero-order chi connectivity index (χ0) is 95.6.